The number of aryl methyl sites for hydroxylation is 3. The number of hydrogen-bond donors (Lipinski definition) is 0. The van der Waals surface area contributed by atoms with Gasteiger partial charge in [-0.1, -0.05) is 49.4 Å². The van der Waals surface area contributed by atoms with Gasteiger partial charge in [-0.2, -0.15) is 0 Å². The molecule has 4 rings (SSSR count). The summed E-state index contributed by atoms with van der Waals surface area (Å²) in [5.41, 5.74) is 9.11. The Kier molecular flexibility index (Phi) is 7.02. The van der Waals surface area contributed by atoms with Crippen molar-refractivity contribution in [1.82, 2.24) is 0 Å². The van der Waals surface area contributed by atoms with Crippen molar-refractivity contribution < 1.29 is 9.47 Å². The van der Waals surface area contributed by atoms with Crippen molar-refractivity contribution in [3.63, 3.8) is 0 Å². The minimum absolute atomic E-state index is 0.173. The number of nitrogens with zero attached hydrogens (tertiary/aromatic N) is 1. The minimum Gasteiger partial charge on any atom is -0.345 e. The first-order chi connectivity index (χ1) is 15.9. The molecule has 3 heteroatoms. The van der Waals surface area contributed by atoms with Crippen LogP contribution in [0.1, 0.15) is 48.9 Å². The average Bonchev–Trinajstić information content (AvgIpc) is 2.82. The van der Waals surface area contributed by atoms with E-state index in [-0.39, 0.29) is 12.2 Å². The first kappa shape index (κ1) is 23.3. The molecule has 0 N–H and O–H groups in total. The summed E-state index contributed by atoms with van der Waals surface area (Å²) in [6.07, 6.45) is 1.92. The van der Waals surface area contributed by atoms with Crippen LogP contribution in [-0.2, 0) is 9.47 Å². The molecule has 3 aromatic carbocycles. The van der Waals surface area contributed by atoms with Crippen molar-refractivity contribution in [3.05, 3.63) is 95.6 Å². The summed E-state index contributed by atoms with van der Waals surface area (Å²) in [7, 11) is 0. The van der Waals surface area contributed by atoms with Gasteiger partial charge in [-0.25, -0.2) is 0 Å². The van der Waals surface area contributed by atoms with Crippen LogP contribution in [0.5, 0.6) is 0 Å². The number of anilines is 3. The zero-order valence-corrected chi connectivity index (χ0v) is 20.5. The molecule has 33 heavy (non-hydrogen) atoms. The highest BCUT2D eigenvalue weighted by Gasteiger charge is 2.29. The van der Waals surface area contributed by atoms with E-state index in [1.54, 1.807) is 0 Å². The normalized spacial score (nSPS) is 20.5. The molecular weight excluding hydrogens is 406 g/mol. The zero-order chi connectivity index (χ0) is 23.5. The Morgan fingerprint density at radius 1 is 0.848 bits per heavy atom. The van der Waals surface area contributed by atoms with Crippen molar-refractivity contribution in [2.24, 2.45) is 0 Å². The van der Waals surface area contributed by atoms with Crippen LogP contribution in [0, 0.1) is 20.8 Å². The van der Waals surface area contributed by atoms with Crippen LogP contribution in [0.15, 0.2) is 73.3 Å². The lowest BCUT2D eigenvalue weighted by atomic mass is 10.0. The summed E-state index contributed by atoms with van der Waals surface area (Å²) < 4.78 is 12.2. The SMILES string of the molecule is C=C(c1ccc(N(c2ccc(C)cc2)c2ccc(C)c(C)c2)cc1)C1OC(C)CC(CC)O1. The molecule has 0 bridgehead atoms. The van der Waals surface area contributed by atoms with Crippen LogP contribution < -0.4 is 4.90 Å². The maximum Gasteiger partial charge on any atom is 0.184 e. The van der Waals surface area contributed by atoms with Gasteiger partial charge in [0.25, 0.3) is 0 Å². The summed E-state index contributed by atoms with van der Waals surface area (Å²) in [6, 6.07) is 23.8. The molecule has 0 radical (unpaired) electrons. The molecule has 0 amide bonds. The molecule has 3 atom stereocenters. The standard InChI is InChI=1S/C30H35NO2/c1-7-29-19-23(5)32-30(33-29)24(6)25-11-16-27(17-12-25)31(26-13-8-20(2)9-14-26)28-15-10-21(3)22(4)18-28/h8-18,23,29-30H,6-7,19H2,1-5H3. The number of benzene rings is 3. The van der Waals surface area contributed by atoms with Crippen molar-refractivity contribution in [2.75, 3.05) is 4.90 Å². The van der Waals surface area contributed by atoms with Gasteiger partial charge < -0.3 is 14.4 Å². The fourth-order valence-corrected chi connectivity index (χ4v) is 4.29. The molecule has 0 aliphatic carbocycles. The van der Waals surface area contributed by atoms with Crippen LogP contribution in [0.4, 0.5) is 17.1 Å². The van der Waals surface area contributed by atoms with Gasteiger partial charge >= 0.3 is 0 Å². The Bertz CT molecular complexity index is 1100. The fraction of sp³-hybridized carbons (Fsp3) is 0.333. The molecule has 1 aliphatic heterocycles. The average molecular weight is 442 g/mol. The van der Waals surface area contributed by atoms with Gasteiger partial charge in [0.15, 0.2) is 6.29 Å². The highest BCUT2D eigenvalue weighted by atomic mass is 16.7. The van der Waals surface area contributed by atoms with E-state index in [2.05, 4.69) is 113 Å². The maximum atomic E-state index is 6.14. The second-order valence-electron chi connectivity index (χ2n) is 9.19. The Hall–Kier alpha value is -2.88. The Morgan fingerprint density at radius 3 is 2.06 bits per heavy atom. The molecule has 3 aromatic rings. The summed E-state index contributed by atoms with van der Waals surface area (Å²) in [6.45, 7) is 15.0. The highest BCUT2D eigenvalue weighted by molar-refractivity contribution is 5.78. The maximum absolute atomic E-state index is 6.14. The number of ether oxygens (including phenoxy) is 2. The second kappa shape index (κ2) is 9.94. The number of hydrogen-bond acceptors (Lipinski definition) is 3. The summed E-state index contributed by atoms with van der Waals surface area (Å²) in [5.74, 6) is 0. The third-order valence-corrected chi connectivity index (χ3v) is 6.54. The molecule has 3 unspecified atom stereocenters. The van der Waals surface area contributed by atoms with Gasteiger partial charge in [-0.3, -0.25) is 0 Å². The van der Waals surface area contributed by atoms with Crippen LogP contribution in [0.2, 0.25) is 0 Å². The van der Waals surface area contributed by atoms with Gasteiger partial charge in [-0.05, 0) is 93.6 Å². The van der Waals surface area contributed by atoms with Crippen LogP contribution >= 0.6 is 0 Å². The van der Waals surface area contributed by atoms with Crippen LogP contribution in [-0.4, -0.2) is 18.5 Å². The van der Waals surface area contributed by atoms with E-state index in [0.29, 0.717) is 0 Å². The van der Waals surface area contributed by atoms with Crippen LogP contribution in [0.25, 0.3) is 5.57 Å². The lowest BCUT2D eigenvalue weighted by molar-refractivity contribution is -0.209. The predicted molar refractivity (Wildman–Crippen MR) is 138 cm³/mol. The van der Waals surface area contributed by atoms with Gasteiger partial charge in [0, 0.05) is 22.6 Å². The van der Waals surface area contributed by atoms with Gasteiger partial charge in [0.05, 0.1) is 12.2 Å². The van der Waals surface area contributed by atoms with Crippen molar-refractivity contribution in [2.45, 2.75) is 66.0 Å². The molecular formula is C30H35NO2. The van der Waals surface area contributed by atoms with Crippen molar-refractivity contribution >= 4 is 22.6 Å². The molecule has 3 nitrogen and oxygen atoms in total. The molecule has 1 aliphatic rings. The largest absolute Gasteiger partial charge is 0.345 e. The lowest BCUT2D eigenvalue weighted by Gasteiger charge is -2.35. The Morgan fingerprint density at radius 2 is 1.45 bits per heavy atom. The van der Waals surface area contributed by atoms with E-state index >= 15 is 0 Å². The molecule has 1 saturated heterocycles. The topological polar surface area (TPSA) is 21.7 Å². The van der Waals surface area contributed by atoms with E-state index in [0.717, 1.165) is 41.0 Å². The van der Waals surface area contributed by atoms with Crippen molar-refractivity contribution in [3.8, 4) is 0 Å². The quantitative estimate of drug-likeness (QED) is 0.386. The minimum atomic E-state index is -0.391. The summed E-state index contributed by atoms with van der Waals surface area (Å²) in [5, 5.41) is 0. The smallest absolute Gasteiger partial charge is 0.184 e. The van der Waals surface area contributed by atoms with Gasteiger partial charge in [-0.15, -0.1) is 0 Å². The Balaban J connectivity index is 1.65. The number of rotatable bonds is 6. The van der Waals surface area contributed by atoms with Gasteiger partial charge in [0.2, 0.25) is 0 Å². The Labute approximate surface area is 198 Å². The predicted octanol–water partition coefficient (Wildman–Crippen LogP) is 8.02. The van der Waals surface area contributed by atoms with E-state index in [4.69, 9.17) is 9.47 Å². The lowest BCUT2D eigenvalue weighted by Crippen LogP contribution is -2.37. The third kappa shape index (κ3) is 5.21. The molecule has 1 heterocycles. The summed E-state index contributed by atoms with van der Waals surface area (Å²) in [4.78, 5) is 2.29. The van der Waals surface area contributed by atoms with Crippen LogP contribution in [0.3, 0.4) is 0 Å². The van der Waals surface area contributed by atoms with E-state index in [1.165, 1.54) is 16.7 Å². The van der Waals surface area contributed by atoms with Crippen molar-refractivity contribution in [1.29, 1.82) is 0 Å². The third-order valence-electron chi connectivity index (χ3n) is 6.54. The first-order valence-electron chi connectivity index (χ1n) is 11.9. The van der Waals surface area contributed by atoms with E-state index in [9.17, 15) is 0 Å². The molecule has 0 aromatic heterocycles. The van der Waals surface area contributed by atoms with E-state index in [1.807, 2.05) is 0 Å². The second-order valence-corrected chi connectivity index (χ2v) is 9.19. The molecule has 0 spiro atoms. The van der Waals surface area contributed by atoms with Gasteiger partial charge in [0.1, 0.15) is 0 Å². The monoisotopic (exact) mass is 441 g/mol. The molecule has 0 saturated carbocycles. The molecule has 172 valence electrons. The fourth-order valence-electron chi connectivity index (χ4n) is 4.29. The zero-order valence-electron chi connectivity index (χ0n) is 20.5. The van der Waals surface area contributed by atoms with E-state index < -0.39 is 6.29 Å². The molecule has 1 fully saturated rings. The highest BCUT2D eigenvalue weighted by Crippen LogP contribution is 2.37. The summed E-state index contributed by atoms with van der Waals surface area (Å²) >= 11 is 0. The first-order valence-corrected chi connectivity index (χ1v) is 11.9.